The van der Waals surface area contributed by atoms with Crippen LogP contribution < -0.4 is 14.2 Å². The highest BCUT2D eigenvalue weighted by molar-refractivity contribution is 5.91. The topological polar surface area (TPSA) is 61.8 Å². The van der Waals surface area contributed by atoms with E-state index in [1.165, 1.54) is 12.1 Å². The van der Waals surface area contributed by atoms with Gasteiger partial charge in [0, 0.05) is 5.57 Å². The van der Waals surface area contributed by atoms with Crippen molar-refractivity contribution < 1.29 is 23.8 Å². The van der Waals surface area contributed by atoms with E-state index in [-0.39, 0.29) is 0 Å². The molecule has 0 saturated heterocycles. The third-order valence-corrected chi connectivity index (χ3v) is 2.92. The summed E-state index contributed by atoms with van der Waals surface area (Å²) in [5.41, 5.74) is 0.712. The lowest BCUT2D eigenvalue weighted by Gasteiger charge is -2.07. The summed E-state index contributed by atoms with van der Waals surface area (Å²) in [6.45, 7) is 5.06. The maximum Gasteiger partial charge on any atom is 0.343 e. The highest BCUT2D eigenvalue weighted by atomic mass is 16.5. The number of rotatable bonds is 5. The summed E-state index contributed by atoms with van der Waals surface area (Å²) in [5.74, 6) is 0.362. The molecule has 0 amide bonds. The molecule has 5 nitrogen and oxygen atoms in total. The Balaban J connectivity index is 2.00. The van der Waals surface area contributed by atoms with Gasteiger partial charge in [-0.05, 0) is 55.5 Å². The van der Waals surface area contributed by atoms with Gasteiger partial charge in [0.15, 0.2) is 0 Å². The molecule has 2 rings (SSSR count). The van der Waals surface area contributed by atoms with E-state index in [1.54, 1.807) is 50.4 Å². The van der Waals surface area contributed by atoms with E-state index in [4.69, 9.17) is 14.2 Å². The van der Waals surface area contributed by atoms with Crippen LogP contribution in [-0.4, -0.2) is 19.0 Å². The first-order chi connectivity index (χ1) is 11.0. The predicted octanol–water partition coefficient (Wildman–Crippen LogP) is 3.40. The second-order valence-corrected chi connectivity index (χ2v) is 4.76. The molecule has 0 aromatic heterocycles. The Kier molecular flexibility index (Phi) is 5.15. The van der Waals surface area contributed by atoms with Gasteiger partial charge in [-0.25, -0.2) is 9.59 Å². The van der Waals surface area contributed by atoms with E-state index in [2.05, 4.69) is 6.58 Å². The zero-order chi connectivity index (χ0) is 16.8. The minimum atomic E-state index is -0.507. The van der Waals surface area contributed by atoms with E-state index < -0.39 is 11.9 Å². The van der Waals surface area contributed by atoms with Crippen LogP contribution in [0.25, 0.3) is 0 Å². The van der Waals surface area contributed by atoms with Gasteiger partial charge in [-0.15, -0.1) is 0 Å². The first-order valence-corrected chi connectivity index (χ1v) is 6.83. The SMILES string of the molecule is C=C(C)C(=O)Oc1ccc(OC(=O)c2ccc(OC)cc2)cc1. The molecular weight excluding hydrogens is 296 g/mol. The molecule has 0 bridgehead atoms. The molecule has 2 aromatic rings. The van der Waals surface area contributed by atoms with Gasteiger partial charge >= 0.3 is 11.9 Å². The van der Waals surface area contributed by atoms with Crippen molar-refractivity contribution in [2.24, 2.45) is 0 Å². The molecule has 0 radical (unpaired) electrons. The number of esters is 2. The molecule has 0 saturated carbocycles. The number of hydrogen-bond acceptors (Lipinski definition) is 5. The third kappa shape index (κ3) is 4.44. The summed E-state index contributed by atoms with van der Waals surface area (Å²) in [5, 5.41) is 0. The highest BCUT2D eigenvalue weighted by Crippen LogP contribution is 2.20. The summed E-state index contributed by atoms with van der Waals surface area (Å²) in [6, 6.07) is 12.8. The molecule has 0 atom stereocenters. The Morgan fingerprint density at radius 1 is 0.826 bits per heavy atom. The van der Waals surface area contributed by atoms with E-state index in [0.29, 0.717) is 28.4 Å². The summed E-state index contributed by atoms with van der Waals surface area (Å²) in [6.07, 6.45) is 0. The minimum Gasteiger partial charge on any atom is -0.497 e. The van der Waals surface area contributed by atoms with Crippen LogP contribution >= 0.6 is 0 Å². The fraction of sp³-hybridized carbons (Fsp3) is 0.111. The fourth-order valence-corrected chi connectivity index (χ4v) is 1.66. The summed E-state index contributed by atoms with van der Waals surface area (Å²) in [4.78, 5) is 23.4. The van der Waals surface area contributed by atoms with Crippen molar-refractivity contribution in [2.75, 3.05) is 7.11 Å². The number of hydrogen-bond donors (Lipinski definition) is 0. The van der Waals surface area contributed by atoms with Crippen molar-refractivity contribution in [1.82, 2.24) is 0 Å². The normalized spacial score (nSPS) is 9.83. The van der Waals surface area contributed by atoms with Gasteiger partial charge in [0.25, 0.3) is 0 Å². The zero-order valence-corrected chi connectivity index (χ0v) is 12.9. The number of benzene rings is 2. The quantitative estimate of drug-likeness (QED) is 0.481. The molecule has 0 unspecified atom stereocenters. The Morgan fingerprint density at radius 3 is 1.78 bits per heavy atom. The van der Waals surface area contributed by atoms with Crippen molar-refractivity contribution in [3.63, 3.8) is 0 Å². The van der Waals surface area contributed by atoms with E-state index >= 15 is 0 Å². The van der Waals surface area contributed by atoms with Crippen LogP contribution in [0.4, 0.5) is 0 Å². The van der Waals surface area contributed by atoms with Gasteiger partial charge in [0.05, 0.1) is 12.7 Å². The van der Waals surface area contributed by atoms with Gasteiger partial charge < -0.3 is 14.2 Å². The lowest BCUT2D eigenvalue weighted by Crippen LogP contribution is -2.09. The lowest BCUT2D eigenvalue weighted by molar-refractivity contribution is -0.130. The Bertz CT molecular complexity index is 714. The summed E-state index contributed by atoms with van der Waals surface area (Å²) in [7, 11) is 1.55. The molecule has 0 aliphatic heterocycles. The van der Waals surface area contributed by atoms with E-state index in [1.807, 2.05) is 0 Å². The molecule has 0 spiro atoms. The molecular formula is C18H16O5. The second kappa shape index (κ2) is 7.26. The van der Waals surface area contributed by atoms with Crippen molar-refractivity contribution >= 4 is 11.9 Å². The Labute approximate surface area is 134 Å². The van der Waals surface area contributed by atoms with Gasteiger partial charge in [-0.2, -0.15) is 0 Å². The lowest BCUT2D eigenvalue weighted by atomic mass is 10.2. The summed E-state index contributed by atoms with van der Waals surface area (Å²) < 4.78 is 15.3. The number of methoxy groups -OCH3 is 1. The van der Waals surface area contributed by atoms with Crippen LogP contribution in [-0.2, 0) is 4.79 Å². The molecule has 23 heavy (non-hydrogen) atoms. The first-order valence-electron chi connectivity index (χ1n) is 6.83. The molecule has 118 valence electrons. The highest BCUT2D eigenvalue weighted by Gasteiger charge is 2.10. The minimum absolute atomic E-state index is 0.306. The van der Waals surface area contributed by atoms with Crippen LogP contribution in [0.3, 0.4) is 0 Å². The number of carbonyl (C=O) groups excluding carboxylic acids is 2. The molecule has 0 fully saturated rings. The average molecular weight is 312 g/mol. The van der Waals surface area contributed by atoms with Crippen molar-refractivity contribution in [3.8, 4) is 17.2 Å². The van der Waals surface area contributed by atoms with E-state index in [9.17, 15) is 9.59 Å². The standard InChI is InChI=1S/C18H16O5/c1-12(2)17(19)22-15-8-10-16(11-9-15)23-18(20)13-4-6-14(21-3)7-5-13/h4-11H,1H2,2-3H3. The molecule has 2 aromatic carbocycles. The monoisotopic (exact) mass is 312 g/mol. The summed E-state index contributed by atoms with van der Waals surface area (Å²) >= 11 is 0. The smallest absolute Gasteiger partial charge is 0.343 e. The number of carbonyl (C=O) groups is 2. The van der Waals surface area contributed by atoms with Crippen LogP contribution in [0.15, 0.2) is 60.7 Å². The molecule has 0 aliphatic rings. The molecule has 0 N–H and O–H groups in total. The van der Waals surface area contributed by atoms with Gasteiger partial charge in [-0.1, -0.05) is 6.58 Å². The van der Waals surface area contributed by atoms with Crippen LogP contribution in [0.5, 0.6) is 17.2 Å². The molecule has 0 heterocycles. The average Bonchev–Trinajstić information content (AvgIpc) is 2.56. The molecule has 0 aliphatic carbocycles. The van der Waals surface area contributed by atoms with Gasteiger partial charge in [0.1, 0.15) is 17.2 Å². The fourth-order valence-electron chi connectivity index (χ4n) is 1.66. The first kappa shape index (κ1) is 16.3. The van der Waals surface area contributed by atoms with Crippen LogP contribution in [0, 0.1) is 0 Å². The van der Waals surface area contributed by atoms with E-state index in [0.717, 1.165) is 0 Å². The Hall–Kier alpha value is -3.08. The molecule has 5 heteroatoms. The van der Waals surface area contributed by atoms with Gasteiger partial charge in [0.2, 0.25) is 0 Å². The van der Waals surface area contributed by atoms with Crippen molar-refractivity contribution in [3.05, 3.63) is 66.2 Å². The Morgan fingerprint density at radius 2 is 1.30 bits per heavy atom. The number of ether oxygens (including phenoxy) is 3. The van der Waals surface area contributed by atoms with Crippen LogP contribution in [0.2, 0.25) is 0 Å². The van der Waals surface area contributed by atoms with Crippen molar-refractivity contribution in [1.29, 1.82) is 0 Å². The maximum absolute atomic E-state index is 12.0. The van der Waals surface area contributed by atoms with Crippen molar-refractivity contribution in [2.45, 2.75) is 6.92 Å². The maximum atomic E-state index is 12.0. The van der Waals surface area contributed by atoms with Crippen LogP contribution in [0.1, 0.15) is 17.3 Å². The predicted molar refractivity (Wildman–Crippen MR) is 84.8 cm³/mol. The second-order valence-electron chi connectivity index (χ2n) is 4.76. The zero-order valence-electron chi connectivity index (χ0n) is 12.9. The third-order valence-electron chi connectivity index (χ3n) is 2.92. The van der Waals surface area contributed by atoms with Gasteiger partial charge in [-0.3, -0.25) is 0 Å². The largest absolute Gasteiger partial charge is 0.497 e.